The van der Waals surface area contributed by atoms with E-state index in [1.54, 1.807) is 12.1 Å². The first-order valence-electron chi connectivity index (χ1n) is 6.89. The summed E-state index contributed by atoms with van der Waals surface area (Å²) in [6.45, 7) is 4.23. The number of amides is 1. The summed E-state index contributed by atoms with van der Waals surface area (Å²) in [5, 5.41) is 12.2. The zero-order chi connectivity index (χ0) is 15.2. The normalized spacial score (nSPS) is 10.9. The number of benzene rings is 1. The van der Waals surface area contributed by atoms with E-state index >= 15 is 0 Å². The highest BCUT2D eigenvalue weighted by Crippen LogP contribution is 2.18. The minimum Gasteiger partial charge on any atom is -0.301 e. The molecule has 0 unspecified atom stereocenters. The molecular formula is C15H18FN3OS. The highest BCUT2D eigenvalue weighted by atomic mass is 32.1. The third-order valence-electron chi connectivity index (χ3n) is 2.85. The summed E-state index contributed by atoms with van der Waals surface area (Å²) >= 11 is 1.41. The molecule has 0 radical (unpaired) electrons. The molecule has 0 spiro atoms. The molecule has 112 valence electrons. The van der Waals surface area contributed by atoms with Gasteiger partial charge in [-0.15, -0.1) is 10.2 Å². The number of hydrogen-bond acceptors (Lipinski definition) is 4. The van der Waals surface area contributed by atoms with E-state index in [2.05, 4.69) is 29.4 Å². The first kappa shape index (κ1) is 15.6. The molecule has 0 aliphatic heterocycles. The monoisotopic (exact) mass is 307 g/mol. The minimum atomic E-state index is -0.269. The van der Waals surface area contributed by atoms with Gasteiger partial charge in [-0.1, -0.05) is 37.3 Å². The van der Waals surface area contributed by atoms with Crippen LogP contribution in [0.15, 0.2) is 24.3 Å². The van der Waals surface area contributed by atoms with E-state index in [-0.39, 0.29) is 11.7 Å². The number of hydrogen-bond donors (Lipinski definition) is 1. The number of nitrogens with zero attached hydrogens (tertiary/aromatic N) is 2. The van der Waals surface area contributed by atoms with Gasteiger partial charge in [0.05, 0.1) is 0 Å². The van der Waals surface area contributed by atoms with Gasteiger partial charge in [0.25, 0.3) is 0 Å². The Hall–Kier alpha value is -1.82. The van der Waals surface area contributed by atoms with Crippen LogP contribution in [0.3, 0.4) is 0 Å². The predicted octanol–water partition coefficient (Wildman–Crippen LogP) is 3.45. The molecule has 1 amide bonds. The zero-order valence-corrected chi connectivity index (χ0v) is 12.9. The molecule has 0 atom stereocenters. The summed E-state index contributed by atoms with van der Waals surface area (Å²) < 4.78 is 12.8. The maximum absolute atomic E-state index is 12.8. The molecule has 0 aliphatic carbocycles. The second-order valence-electron chi connectivity index (χ2n) is 5.27. The van der Waals surface area contributed by atoms with Crippen LogP contribution in [0, 0.1) is 11.7 Å². The Kier molecular flexibility index (Phi) is 5.38. The Morgan fingerprint density at radius 1 is 1.29 bits per heavy atom. The van der Waals surface area contributed by atoms with Gasteiger partial charge in [0.15, 0.2) is 0 Å². The van der Waals surface area contributed by atoms with Crippen molar-refractivity contribution in [3.63, 3.8) is 0 Å². The van der Waals surface area contributed by atoms with Gasteiger partial charge in [0, 0.05) is 12.8 Å². The lowest BCUT2D eigenvalue weighted by atomic mass is 10.1. The van der Waals surface area contributed by atoms with E-state index in [0.717, 1.165) is 17.0 Å². The third-order valence-corrected chi connectivity index (χ3v) is 3.71. The summed E-state index contributed by atoms with van der Waals surface area (Å²) in [6.07, 6.45) is 1.78. The van der Waals surface area contributed by atoms with Crippen LogP contribution >= 0.6 is 11.3 Å². The molecule has 0 fully saturated rings. The predicted molar refractivity (Wildman–Crippen MR) is 81.8 cm³/mol. The van der Waals surface area contributed by atoms with E-state index in [9.17, 15) is 9.18 Å². The first-order valence-corrected chi connectivity index (χ1v) is 7.71. The van der Waals surface area contributed by atoms with Crippen molar-refractivity contribution in [1.29, 1.82) is 0 Å². The number of nitrogens with one attached hydrogen (secondary N) is 1. The molecular weight excluding hydrogens is 289 g/mol. The topological polar surface area (TPSA) is 54.9 Å². The number of anilines is 1. The summed E-state index contributed by atoms with van der Waals surface area (Å²) in [4.78, 5) is 11.8. The second kappa shape index (κ2) is 7.26. The minimum absolute atomic E-state index is 0.105. The van der Waals surface area contributed by atoms with Crippen molar-refractivity contribution >= 4 is 22.4 Å². The van der Waals surface area contributed by atoms with E-state index < -0.39 is 0 Å². The van der Waals surface area contributed by atoms with Crippen molar-refractivity contribution in [2.75, 3.05) is 5.32 Å². The maximum Gasteiger partial charge on any atom is 0.226 e. The maximum atomic E-state index is 12.8. The van der Waals surface area contributed by atoms with Crippen LogP contribution in [0.2, 0.25) is 0 Å². The Labute approximate surface area is 127 Å². The largest absolute Gasteiger partial charge is 0.301 e. The van der Waals surface area contributed by atoms with E-state index in [0.29, 0.717) is 23.9 Å². The fourth-order valence-electron chi connectivity index (χ4n) is 1.83. The van der Waals surface area contributed by atoms with Crippen LogP contribution < -0.4 is 5.32 Å². The molecule has 0 aliphatic rings. The SMILES string of the molecule is CC(C)Cc1nnc(NC(=O)CCc2ccc(F)cc2)s1. The summed E-state index contributed by atoms with van der Waals surface area (Å²) in [7, 11) is 0. The van der Waals surface area contributed by atoms with Gasteiger partial charge in [0.2, 0.25) is 11.0 Å². The molecule has 1 aromatic heterocycles. The lowest BCUT2D eigenvalue weighted by molar-refractivity contribution is -0.116. The summed E-state index contributed by atoms with van der Waals surface area (Å²) in [6, 6.07) is 6.18. The molecule has 0 bridgehead atoms. The van der Waals surface area contributed by atoms with Crippen LogP contribution in [0.4, 0.5) is 9.52 Å². The van der Waals surface area contributed by atoms with Gasteiger partial charge in [-0.25, -0.2) is 4.39 Å². The molecule has 0 saturated carbocycles. The highest BCUT2D eigenvalue weighted by molar-refractivity contribution is 7.15. The molecule has 21 heavy (non-hydrogen) atoms. The van der Waals surface area contributed by atoms with Crippen molar-refractivity contribution in [3.8, 4) is 0 Å². The summed E-state index contributed by atoms with van der Waals surface area (Å²) in [5.74, 6) is 0.140. The number of carbonyl (C=O) groups is 1. The number of aryl methyl sites for hydroxylation is 1. The van der Waals surface area contributed by atoms with Gasteiger partial charge < -0.3 is 5.32 Å². The Morgan fingerprint density at radius 3 is 2.67 bits per heavy atom. The van der Waals surface area contributed by atoms with E-state index in [1.165, 1.54) is 23.5 Å². The average Bonchev–Trinajstić information content (AvgIpc) is 2.84. The molecule has 1 N–H and O–H groups in total. The van der Waals surface area contributed by atoms with Crippen LogP contribution in [0.25, 0.3) is 0 Å². The van der Waals surface area contributed by atoms with E-state index in [4.69, 9.17) is 0 Å². The van der Waals surface area contributed by atoms with Crippen LogP contribution in [-0.2, 0) is 17.6 Å². The molecule has 1 heterocycles. The van der Waals surface area contributed by atoms with Crippen molar-refractivity contribution in [2.45, 2.75) is 33.1 Å². The first-order chi connectivity index (χ1) is 10.0. The Bertz CT molecular complexity index is 595. The number of aromatic nitrogens is 2. The van der Waals surface area contributed by atoms with Crippen molar-refractivity contribution < 1.29 is 9.18 Å². The summed E-state index contributed by atoms with van der Waals surface area (Å²) in [5.41, 5.74) is 0.935. The van der Waals surface area contributed by atoms with Gasteiger partial charge in [-0.3, -0.25) is 4.79 Å². The number of carbonyl (C=O) groups excluding carboxylic acids is 1. The van der Waals surface area contributed by atoms with Crippen LogP contribution in [0.1, 0.15) is 30.8 Å². The van der Waals surface area contributed by atoms with Crippen molar-refractivity contribution in [1.82, 2.24) is 10.2 Å². The van der Waals surface area contributed by atoms with Gasteiger partial charge in [0.1, 0.15) is 10.8 Å². The quantitative estimate of drug-likeness (QED) is 0.889. The molecule has 2 rings (SSSR count). The van der Waals surface area contributed by atoms with E-state index in [1.807, 2.05) is 0 Å². The number of halogens is 1. The lowest BCUT2D eigenvalue weighted by Gasteiger charge is -2.02. The molecule has 1 aromatic carbocycles. The Balaban J connectivity index is 1.81. The van der Waals surface area contributed by atoms with Gasteiger partial charge in [-0.05, 0) is 30.0 Å². The van der Waals surface area contributed by atoms with Crippen LogP contribution in [0.5, 0.6) is 0 Å². The van der Waals surface area contributed by atoms with Crippen molar-refractivity contribution in [3.05, 3.63) is 40.7 Å². The fourth-order valence-corrected chi connectivity index (χ4v) is 2.79. The third kappa shape index (κ3) is 5.23. The second-order valence-corrected chi connectivity index (χ2v) is 6.34. The van der Waals surface area contributed by atoms with Gasteiger partial charge in [-0.2, -0.15) is 0 Å². The molecule has 0 saturated heterocycles. The highest BCUT2D eigenvalue weighted by Gasteiger charge is 2.09. The standard InChI is InChI=1S/C15H18FN3OS/c1-10(2)9-14-18-19-15(21-14)17-13(20)8-5-11-3-6-12(16)7-4-11/h3-4,6-7,10H,5,8-9H2,1-2H3,(H,17,19,20). The zero-order valence-electron chi connectivity index (χ0n) is 12.1. The van der Waals surface area contributed by atoms with Gasteiger partial charge >= 0.3 is 0 Å². The average molecular weight is 307 g/mol. The fraction of sp³-hybridized carbons (Fsp3) is 0.400. The molecule has 4 nitrogen and oxygen atoms in total. The molecule has 2 aromatic rings. The van der Waals surface area contributed by atoms with Crippen LogP contribution in [-0.4, -0.2) is 16.1 Å². The number of rotatable bonds is 6. The Morgan fingerprint density at radius 2 is 2.00 bits per heavy atom. The lowest BCUT2D eigenvalue weighted by Crippen LogP contribution is -2.12. The smallest absolute Gasteiger partial charge is 0.226 e. The molecule has 6 heteroatoms. The van der Waals surface area contributed by atoms with Crippen molar-refractivity contribution in [2.24, 2.45) is 5.92 Å².